The highest BCUT2D eigenvalue weighted by molar-refractivity contribution is 5.06. The van der Waals surface area contributed by atoms with E-state index in [2.05, 4.69) is 52.6 Å². The van der Waals surface area contributed by atoms with Gasteiger partial charge in [0, 0.05) is 38.0 Å². The van der Waals surface area contributed by atoms with Gasteiger partial charge in [0.2, 0.25) is 11.8 Å². The van der Waals surface area contributed by atoms with Gasteiger partial charge in [0.05, 0.1) is 18.8 Å². The van der Waals surface area contributed by atoms with Gasteiger partial charge in [-0.3, -0.25) is 9.80 Å². The van der Waals surface area contributed by atoms with Crippen LogP contribution in [0.3, 0.4) is 0 Å². The highest BCUT2D eigenvalue weighted by Gasteiger charge is 2.26. The van der Waals surface area contributed by atoms with Crippen molar-refractivity contribution < 1.29 is 8.94 Å². The summed E-state index contributed by atoms with van der Waals surface area (Å²) in [5.41, 5.74) is 0.000792. The minimum Gasteiger partial charge on any atom is -0.444 e. The summed E-state index contributed by atoms with van der Waals surface area (Å²) >= 11 is 0. The molecule has 2 aromatic rings. The Morgan fingerprint density at radius 2 is 1.92 bits per heavy atom. The Labute approximate surface area is 149 Å². The summed E-state index contributed by atoms with van der Waals surface area (Å²) in [5, 5.41) is 4.00. The number of oxazole rings is 1. The van der Waals surface area contributed by atoms with Crippen LogP contribution in [0.1, 0.15) is 64.0 Å². The smallest absolute Gasteiger partial charge is 0.243 e. The molecule has 0 unspecified atom stereocenters. The van der Waals surface area contributed by atoms with Crippen molar-refractivity contribution in [1.82, 2.24) is 24.9 Å². The lowest BCUT2D eigenvalue weighted by molar-refractivity contribution is 0.0793. The molecule has 3 heterocycles. The van der Waals surface area contributed by atoms with Gasteiger partial charge in [0.15, 0.2) is 5.82 Å². The minimum absolute atomic E-state index is 0.000792. The van der Waals surface area contributed by atoms with Crippen LogP contribution in [0.25, 0.3) is 0 Å². The average molecular weight is 347 g/mol. The summed E-state index contributed by atoms with van der Waals surface area (Å²) < 4.78 is 11.3. The van der Waals surface area contributed by atoms with E-state index in [-0.39, 0.29) is 11.5 Å². The maximum absolute atomic E-state index is 5.91. The molecule has 1 atom stereocenters. The summed E-state index contributed by atoms with van der Waals surface area (Å²) in [6, 6.07) is 0.157. The van der Waals surface area contributed by atoms with Crippen LogP contribution in [0.2, 0.25) is 0 Å². The van der Waals surface area contributed by atoms with Crippen molar-refractivity contribution in [2.75, 3.05) is 26.2 Å². The molecule has 0 saturated carbocycles. The molecule has 1 aliphatic heterocycles. The number of hydrogen-bond donors (Lipinski definition) is 0. The Kier molecular flexibility index (Phi) is 5.24. The quantitative estimate of drug-likeness (QED) is 0.823. The van der Waals surface area contributed by atoms with E-state index in [1.807, 2.05) is 13.1 Å². The van der Waals surface area contributed by atoms with Gasteiger partial charge in [-0.05, 0) is 6.92 Å². The van der Waals surface area contributed by atoms with E-state index < -0.39 is 0 Å². The second kappa shape index (κ2) is 7.25. The Morgan fingerprint density at radius 3 is 2.48 bits per heavy atom. The molecule has 3 rings (SSSR count). The first kappa shape index (κ1) is 18.1. The second-order valence-corrected chi connectivity index (χ2v) is 7.76. The molecule has 1 fully saturated rings. The first-order chi connectivity index (χ1) is 11.9. The molecule has 0 N–H and O–H groups in total. The Hall–Kier alpha value is -1.73. The van der Waals surface area contributed by atoms with Crippen molar-refractivity contribution in [1.29, 1.82) is 0 Å². The number of nitrogens with zero attached hydrogens (tertiary/aromatic N) is 5. The molecule has 0 spiro atoms. The monoisotopic (exact) mass is 347 g/mol. The van der Waals surface area contributed by atoms with E-state index in [9.17, 15) is 0 Å². The van der Waals surface area contributed by atoms with Gasteiger partial charge < -0.3 is 8.94 Å². The van der Waals surface area contributed by atoms with Crippen LogP contribution < -0.4 is 0 Å². The van der Waals surface area contributed by atoms with E-state index in [1.54, 1.807) is 0 Å². The van der Waals surface area contributed by atoms with Gasteiger partial charge in [0.1, 0.15) is 5.76 Å². The molecular formula is C18H29N5O2. The summed E-state index contributed by atoms with van der Waals surface area (Å²) in [6.45, 7) is 15.2. The molecule has 1 aliphatic rings. The van der Waals surface area contributed by atoms with Gasteiger partial charge >= 0.3 is 0 Å². The maximum atomic E-state index is 5.91. The first-order valence-electron chi connectivity index (χ1n) is 9.11. The number of piperazine rings is 1. The molecule has 138 valence electrons. The lowest BCUT2D eigenvalue weighted by atomic mass is 9.94. The lowest BCUT2D eigenvalue weighted by Crippen LogP contribution is -2.46. The highest BCUT2D eigenvalue weighted by atomic mass is 16.5. The maximum Gasteiger partial charge on any atom is 0.243 e. The molecule has 25 heavy (non-hydrogen) atoms. The highest BCUT2D eigenvalue weighted by Crippen LogP contribution is 2.24. The molecule has 2 aromatic heterocycles. The topological polar surface area (TPSA) is 71.4 Å². The Balaban J connectivity index is 1.52. The molecule has 0 radical (unpaired) electrons. The second-order valence-electron chi connectivity index (χ2n) is 7.76. The zero-order valence-corrected chi connectivity index (χ0v) is 15.9. The standard InChI is InChI=1S/C18H29N5O2/c1-6-15-20-17(25-21-15)13(2)23-9-7-22(8-10-23)12-16-19-11-14(24-16)18(3,4)5/h11,13H,6-10,12H2,1-5H3/t13-/m1/s1. The fourth-order valence-electron chi connectivity index (χ4n) is 2.97. The largest absolute Gasteiger partial charge is 0.444 e. The fourth-order valence-corrected chi connectivity index (χ4v) is 2.97. The third-order valence-corrected chi connectivity index (χ3v) is 4.76. The number of hydrogen-bond acceptors (Lipinski definition) is 7. The third kappa shape index (κ3) is 4.27. The molecule has 7 nitrogen and oxygen atoms in total. The van der Waals surface area contributed by atoms with E-state index in [0.717, 1.165) is 56.6 Å². The van der Waals surface area contributed by atoms with E-state index in [0.29, 0.717) is 5.89 Å². The molecular weight excluding hydrogens is 318 g/mol. The van der Waals surface area contributed by atoms with E-state index >= 15 is 0 Å². The van der Waals surface area contributed by atoms with Crippen molar-refractivity contribution in [3.63, 3.8) is 0 Å². The van der Waals surface area contributed by atoms with Crippen LogP contribution in [0.4, 0.5) is 0 Å². The number of aryl methyl sites for hydroxylation is 1. The van der Waals surface area contributed by atoms with Gasteiger partial charge in [-0.2, -0.15) is 4.98 Å². The molecule has 7 heteroatoms. The van der Waals surface area contributed by atoms with Gasteiger partial charge in [0.25, 0.3) is 0 Å². The van der Waals surface area contributed by atoms with Crippen LogP contribution in [0.15, 0.2) is 15.1 Å². The molecule has 0 amide bonds. The predicted molar refractivity (Wildman–Crippen MR) is 94.1 cm³/mol. The summed E-state index contributed by atoms with van der Waals surface area (Å²) in [7, 11) is 0. The zero-order valence-electron chi connectivity index (χ0n) is 15.9. The van der Waals surface area contributed by atoms with Crippen molar-refractivity contribution in [3.05, 3.63) is 29.6 Å². The zero-order chi connectivity index (χ0) is 18.0. The summed E-state index contributed by atoms with van der Waals surface area (Å²) in [5.74, 6) is 3.24. The fraction of sp³-hybridized carbons (Fsp3) is 0.722. The van der Waals surface area contributed by atoms with E-state index in [1.165, 1.54) is 0 Å². The van der Waals surface area contributed by atoms with Crippen molar-refractivity contribution >= 4 is 0 Å². The summed E-state index contributed by atoms with van der Waals surface area (Å²) in [4.78, 5) is 13.7. The van der Waals surface area contributed by atoms with Crippen LogP contribution >= 0.6 is 0 Å². The van der Waals surface area contributed by atoms with Crippen LogP contribution in [0.5, 0.6) is 0 Å². The molecule has 0 aromatic carbocycles. The number of rotatable bonds is 5. The summed E-state index contributed by atoms with van der Waals surface area (Å²) in [6.07, 6.45) is 2.66. The van der Waals surface area contributed by atoms with Crippen LogP contribution in [0, 0.1) is 0 Å². The Bertz CT molecular complexity index is 680. The predicted octanol–water partition coefficient (Wildman–Crippen LogP) is 2.80. The normalized spacial score (nSPS) is 18.6. The number of aromatic nitrogens is 3. The molecule has 1 saturated heterocycles. The van der Waals surface area contributed by atoms with Gasteiger partial charge in [-0.15, -0.1) is 0 Å². The molecule has 0 bridgehead atoms. The van der Waals surface area contributed by atoms with Gasteiger partial charge in [-0.25, -0.2) is 4.98 Å². The van der Waals surface area contributed by atoms with Gasteiger partial charge in [-0.1, -0.05) is 32.9 Å². The van der Waals surface area contributed by atoms with Crippen LogP contribution in [-0.2, 0) is 18.4 Å². The SMILES string of the molecule is CCc1noc([C@@H](C)N2CCN(Cc3ncc(C(C)(C)C)o3)CC2)n1. The third-order valence-electron chi connectivity index (χ3n) is 4.76. The van der Waals surface area contributed by atoms with Crippen molar-refractivity contribution in [2.45, 2.75) is 59.0 Å². The van der Waals surface area contributed by atoms with Crippen molar-refractivity contribution in [2.24, 2.45) is 0 Å². The molecule has 0 aliphatic carbocycles. The lowest BCUT2D eigenvalue weighted by Gasteiger charge is -2.36. The van der Waals surface area contributed by atoms with Crippen LogP contribution in [-0.4, -0.2) is 51.1 Å². The van der Waals surface area contributed by atoms with Crippen molar-refractivity contribution in [3.8, 4) is 0 Å². The Morgan fingerprint density at radius 1 is 1.20 bits per heavy atom. The van der Waals surface area contributed by atoms with E-state index in [4.69, 9.17) is 8.94 Å². The average Bonchev–Trinajstić information content (AvgIpc) is 3.23. The first-order valence-corrected chi connectivity index (χ1v) is 9.11. The minimum atomic E-state index is 0.000792.